The van der Waals surface area contributed by atoms with Crippen LogP contribution in [-0.4, -0.2) is 30.7 Å². The minimum absolute atomic E-state index is 0.00491. The molecule has 0 unspecified atom stereocenters. The normalized spacial score (nSPS) is 19.3. The number of rotatable bonds is 3. The van der Waals surface area contributed by atoms with Crippen LogP contribution in [0.1, 0.15) is 26.7 Å². The molecule has 1 fully saturated rings. The summed E-state index contributed by atoms with van der Waals surface area (Å²) in [4.78, 5) is 10.1. The third kappa shape index (κ3) is 3.16. The summed E-state index contributed by atoms with van der Waals surface area (Å²) in [5.74, 6) is 0. The Balaban J connectivity index is 2.28. The summed E-state index contributed by atoms with van der Waals surface area (Å²) < 4.78 is 26.5. The molecule has 1 saturated heterocycles. The first kappa shape index (κ1) is 15.7. The SMILES string of the molecule is CC1(C)CCN(S(=O)(=O)c2ccc([N+](=O)[O-])c(N)c2)CC1. The molecule has 1 aromatic rings. The van der Waals surface area contributed by atoms with Gasteiger partial charge < -0.3 is 5.73 Å². The van der Waals surface area contributed by atoms with E-state index in [0.29, 0.717) is 13.1 Å². The van der Waals surface area contributed by atoms with Crippen molar-refractivity contribution >= 4 is 21.4 Å². The highest BCUT2D eigenvalue weighted by atomic mass is 32.2. The van der Waals surface area contributed by atoms with Crippen LogP contribution in [0.4, 0.5) is 11.4 Å². The number of anilines is 1. The molecule has 8 heteroatoms. The van der Waals surface area contributed by atoms with E-state index in [9.17, 15) is 18.5 Å². The van der Waals surface area contributed by atoms with Crippen LogP contribution in [0.25, 0.3) is 0 Å². The van der Waals surface area contributed by atoms with Crippen LogP contribution < -0.4 is 5.73 Å². The fourth-order valence-electron chi connectivity index (χ4n) is 2.34. The smallest absolute Gasteiger partial charge is 0.292 e. The maximum Gasteiger partial charge on any atom is 0.292 e. The van der Waals surface area contributed by atoms with Gasteiger partial charge in [-0.3, -0.25) is 10.1 Å². The van der Waals surface area contributed by atoms with Crippen molar-refractivity contribution in [3.8, 4) is 0 Å². The topological polar surface area (TPSA) is 107 Å². The summed E-state index contributed by atoms with van der Waals surface area (Å²) in [6, 6.07) is 3.53. The second kappa shape index (κ2) is 5.27. The molecule has 0 radical (unpaired) electrons. The van der Waals surface area contributed by atoms with Crippen LogP contribution in [-0.2, 0) is 10.0 Å². The molecule has 1 aliphatic heterocycles. The molecule has 0 aromatic heterocycles. The van der Waals surface area contributed by atoms with E-state index in [2.05, 4.69) is 13.8 Å². The van der Waals surface area contributed by atoms with Crippen molar-refractivity contribution in [2.75, 3.05) is 18.8 Å². The predicted molar refractivity (Wildman–Crippen MR) is 79.3 cm³/mol. The predicted octanol–water partition coefficient (Wildman–Crippen LogP) is 1.99. The number of nitrogens with two attached hydrogens (primary N) is 1. The standard InChI is InChI=1S/C13H19N3O4S/c1-13(2)5-7-15(8-6-13)21(19,20)10-3-4-12(16(17)18)11(14)9-10/h3-4,9H,5-8,14H2,1-2H3. The number of hydrogen-bond acceptors (Lipinski definition) is 5. The summed E-state index contributed by atoms with van der Waals surface area (Å²) in [6.07, 6.45) is 1.57. The molecule has 1 aliphatic rings. The lowest BCUT2D eigenvalue weighted by Crippen LogP contribution is -2.41. The van der Waals surface area contributed by atoms with E-state index in [1.54, 1.807) is 0 Å². The molecular formula is C13H19N3O4S. The van der Waals surface area contributed by atoms with E-state index in [-0.39, 0.29) is 21.7 Å². The molecule has 0 bridgehead atoms. The molecular weight excluding hydrogens is 294 g/mol. The summed E-state index contributed by atoms with van der Waals surface area (Å²) in [6.45, 7) is 5.13. The largest absolute Gasteiger partial charge is 0.393 e. The zero-order valence-electron chi connectivity index (χ0n) is 12.1. The van der Waals surface area contributed by atoms with Gasteiger partial charge in [0.05, 0.1) is 9.82 Å². The number of sulfonamides is 1. The van der Waals surface area contributed by atoms with Crippen LogP contribution in [0, 0.1) is 15.5 Å². The van der Waals surface area contributed by atoms with Gasteiger partial charge in [-0.1, -0.05) is 13.8 Å². The van der Waals surface area contributed by atoms with Gasteiger partial charge in [0.1, 0.15) is 5.69 Å². The fourth-order valence-corrected chi connectivity index (χ4v) is 3.82. The van der Waals surface area contributed by atoms with Crippen LogP contribution in [0.3, 0.4) is 0 Å². The molecule has 0 spiro atoms. The van der Waals surface area contributed by atoms with Gasteiger partial charge in [0.15, 0.2) is 0 Å². The lowest BCUT2D eigenvalue weighted by atomic mass is 9.83. The van der Waals surface area contributed by atoms with Gasteiger partial charge in [-0.05, 0) is 30.4 Å². The summed E-state index contributed by atoms with van der Waals surface area (Å²) in [5, 5.41) is 10.7. The molecule has 2 N–H and O–H groups in total. The Bertz CT molecular complexity index is 660. The van der Waals surface area contributed by atoms with E-state index in [1.165, 1.54) is 10.4 Å². The average Bonchev–Trinajstić information content (AvgIpc) is 2.37. The van der Waals surface area contributed by atoms with Gasteiger partial charge in [-0.15, -0.1) is 0 Å². The van der Waals surface area contributed by atoms with Crippen molar-refractivity contribution < 1.29 is 13.3 Å². The van der Waals surface area contributed by atoms with Crippen molar-refractivity contribution in [1.29, 1.82) is 0 Å². The zero-order valence-corrected chi connectivity index (χ0v) is 12.9. The Kier molecular flexibility index (Phi) is 3.94. The summed E-state index contributed by atoms with van der Waals surface area (Å²) in [7, 11) is -3.65. The van der Waals surface area contributed by atoms with Gasteiger partial charge in [0.2, 0.25) is 10.0 Å². The monoisotopic (exact) mass is 313 g/mol. The summed E-state index contributed by atoms with van der Waals surface area (Å²) in [5.41, 5.74) is 5.28. The molecule has 116 valence electrons. The van der Waals surface area contributed by atoms with Gasteiger partial charge in [0, 0.05) is 19.2 Å². The number of benzene rings is 1. The quantitative estimate of drug-likeness (QED) is 0.521. The first-order valence-electron chi connectivity index (χ1n) is 6.68. The molecule has 1 aromatic carbocycles. The molecule has 0 aliphatic carbocycles. The molecule has 7 nitrogen and oxygen atoms in total. The number of nitro benzene ring substituents is 1. The Morgan fingerprint density at radius 1 is 1.29 bits per heavy atom. The van der Waals surface area contributed by atoms with E-state index in [1.807, 2.05) is 0 Å². The number of nitrogens with zero attached hydrogens (tertiary/aromatic N) is 2. The van der Waals surface area contributed by atoms with E-state index in [0.717, 1.165) is 25.0 Å². The summed E-state index contributed by atoms with van der Waals surface area (Å²) >= 11 is 0. The van der Waals surface area contributed by atoms with Crippen molar-refractivity contribution in [2.45, 2.75) is 31.6 Å². The van der Waals surface area contributed by atoms with Gasteiger partial charge in [-0.2, -0.15) is 4.31 Å². The second-order valence-electron chi connectivity index (χ2n) is 6.05. The first-order chi connectivity index (χ1) is 9.63. The molecule has 2 rings (SSSR count). The number of nitro groups is 1. The van der Waals surface area contributed by atoms with Gasteiger partial charge >= 0.3 is 0 Å². The van der Waals surface area contributed by atoms with Crippen LogP contribution in [0.15, 0.2) is 23.1 Å². The second-order valence-corrected chi connectivity index (χ2v) is 7.98. The van der Waals surface area contributed by atoms with Crippen molar-refractivity contribution in [3.63, 3.8) is 0 Å². The van der Waals surface area contributed by atoms with Crippen molar-refractivity contribution in [3.05, 3.63) is 28.3 Å². The van der Waals surface area contributed by atoms with E-state index >= 15 is 0 Å². The molecule has 21 heavy (non-hydrogen) atoms. The van der Waals surface area contributed by atoms with Gasteiger partial charge in [0.25, 0.3) is 5.69 Å². The van der Waals surface area contributed by atoms with Crippen molar-refractivity contribution in [2.24, 2.45) is 5.41 Å². The van der Waals surface area contributed by atoms with E-state index < -0.39 is 14.9 Å². The lowest BCUT2D eigenvalue weighted by molar-refractivity contribution is -0.383. The van der Waals surface area contributed by atoms with Crippen molar-refractivity contribution in [1.82, 2.24) is 4.31 Å². The Morgan fingerprint density at radius 3 is 2.33 bits per heavy atom. The minimum atomic E-state index is -3.65. The number of nitrogen functional groups attached to an aromatic ring is 1. The minimum Gasteiger partial charge on any atom is -0.393 e. The number of hydrogen-bond donors (Lipinski definition) is 1. The third-order valence-corrected chi connectivity index (χ3v) is 5.80. The Morgan fingerprint density at radius 2 is 1.86 bits per heavy atom. The maximum absolute atomic E-state index is 12.5. The highest BCUT2D eigenvalue weighted by Crippen LogP contribution is 2.33. The highest BCUT2D eigenvalue weighted by Gasteiger charge is 2.33. The first-order valence-corrected chi connectivity index (χ1v) is 8.12. The van der Waals surface area contributed by atoms with Crippen LogP contribution in [0.5, 0.6) is 0 Å². The van der Waals surface area contributed by atoms with Crippen LogP contribution >= 0.6 is 0 Å². The zero-order chi connectivity index (χ0) is 15.8. The van der Waals surface area contributed by atoms with Crippen LogP contribution in [0.2, 0.25) is 0 Å². The molecule has 0 saturated carbocycles. The molecule has 0 amide bonds. The fraction of sp³-hybridized carbons (Fsp3) is 0.538. The van der Waals surface area contributed by atoms with Gasteiger partial charge in [-0.25, -0.2) is 8.42 Å². The maximum atomic E-state index is 12.5. The average molecular weight is 313 g/mol. The highest BCUT2D eigenvalue weighted by molar-refractivity contribution is 7.89. The Hall–Kier alpha value is -1.67. The molecule has 0 atom stereocenters. The molecule has 1 heterocycles. The van der Waals surface area contributed by atoms with E-state index in [4.69, 9.17) is 5.73 Å². The Labute approximate surface area is 123 Å². The third-order valence-electron chi connectivity index (χ3n) is 3.91. The lowest BCUT2D eigenvalue weighted by Gasteiger charge is -2.36. The number of piperidine rings is 1.